The summed E-state index contributed by atoms with van der Waals surface area (Å²) in [5, 5.41) is 3.48. The standard InChI is InChI=1S/C13H19Br2N3/c1-17-6-8-18(9-7-17)5-4-16-13-3-2-11(14)10-12(13)15/h2-3,10,16H,4-9H2,1H3. The summed E-state index contributed by atoms with van der Waals surface area (Å²) >= 11 is 7.03. The van der Waals surface area contributed by atoms with Crippen molar-refractivity contribution in [2.45, 2.75) is 0 Å². The molecule has 1 saturated heterocycles. The van der Waals surface area contributed by atoms with Gasteiger partial charge in [0.05, 0.1) is 0 Å². The van der Waals surface area contributed by atoms with Crippen LogP contribution in [0.4, 0.5) is 5.69 Å². The second-order valence-corrected chi connectivity index (χ2v) is 6.47. The van der Waals surface area contributed by atoms with E-state index >= 15 is 0 Å². The number of benzene rings is 1. The van der Waals surface area contributed by atoms with Crippen LogP contribution in [0.3, 0.4) is 0 Å². The lowest BCUT2D eigenvalue weighted by atomic mass is 10.3. The lowest BCUT2D eigenvalue weighted by Gasteiger charge is -2.32. The summed E-state index contributed by atoms with van der Waals surface area (Å²) in [4.78, 5) is 4.90. The van der Waals surface area contributed by atoms with Gasteiger partial charge in [0, 0.05) is 53.9 Å². The molecule has 1 N–H and O–H groups in total. The molecule has 0 unspecified atom stereocenters. The van der Waals surface area contributed by atoms with Gasteiger partial charge in [0.2, 0.25) is 0 Å². The molecular weight excluding hydrogens is 358 g/mol. The van der Waals surface area contributed by atoms with Gasteiger partial charge in [0.15, 0.2) is 0 Å². The van der Waals surface area contributed by atoms with Crippen LogP contribution in [0, 0.1) is 0 Å². The highest BCUT2D eigenvalue weighted by molar-refractivity contribution is 9.11. The predicted molar refractivity (Wildman–Crippen MR) is 84.3 cm³/mol. The molecule has 1 aromatic rings. The summed E-state index contributed by atoms with van der Waals surface area (Å²) < 4.78 is 2.20. The van der Waals surface area contributed by atoms with Gasteiger partial charge in [0.1, 0.15) is 0 Å². The molecule has 1 fully saturated rings. The topological polar surface area (TPSA) is 18.5 Å². The van der Waals surface area contributed by atoms with Gasteiger partial charge in [-0.05, 0) is 41.2 Å². The molecule has 0 saturated carbocycles. The molecule has 1 heterocycles. The Morgan fingerprint density at radius 1 is 1.17 bits per heavy atom. The fourth-order valence-corrected chi connectivity index (χ4v) is 3.24. The second-order valence-electron chi connectivity index (χ2n) is 4.70. The van der Waals surface area contributed by atoms with E-state index in [4.69, 9.17) is 0 Å². The smallest absolute Gasteiger partial charge is 0.0485 e. The van der Waals surface area contributed by atoms with Crippen molar-refractivity contribution in [1.29, 1.82) is 0 Å². The van der Waals surface area contributed by atoms with Crippen molar-refractivity contribution in [3.05, 3.63) is 27.1 Å². The SMILES string of the molecule is CN1CCN(CCNc2ccc(Br)cc2Br)CC1. The molecule has 0 spiro atoms. The first-order valence-corrected chi connectivity index (χ1v) is 7.83. The maximum Gasteiger partial charge on any atom is 0.0485 e. The van der Waals surface area contributed by atoms with E-state index in [9.17, 15) is 0 Å². The molecule has 100 valence electrons. The minimum Gasteiger partial charge on any atom is -0.383 e. The number of rotatable bonds is 4. The van der Waals surface area contributed by atoms with Crippen molar-refractivity contribution >= 4 is 37.5 Å². The van der Waals surface area contributed by atoms with Crippen LogP contribution in [-0.4, -0.2) is 56.1 Å². The molecule has 2 rings (SSSR count). The van der Waals surface area contributed by atoms with Crippen LogP contribution in [-0.2, 0) is 0 Å². The fraction of sp³-hybridized carbons (Fsp3) is 0.538. The number of hydrogen-bond acceptors (Lipinski definition) is 3. The number of halogens is 2. The minimum absolute atomic E-state index is 0.990. The Balaban J connectivity index is 1.75. The number of nitrogens with zero attached hydrogens (tertiary/aromatic N) is 2. The number of likely N-dealkylation sites (N-methyl/N-ethyl adjacent to an activating group) is 1. The summed E-state index contributed by atoms with van der Waals surface area (Å²) in [6.07, 6.45) is 0. The molecule has 0 bridgehead atoms. The van der Waals surface area contributed by atoms with E-state index in [1.807, 2.05) is 0 Å². The molecule has 0 aliphatic carbocycles. The highest BCUT2D eigenvalue weighted by atomic mass is 79.9. The lowest BCUT2D eigenvalue weighted by Crippen LogP contribution is -2.45. The van der Waals surface area contributed by atoms with Crippen molar-refractivity contribution in [3.8, 4) is 0 Å². The number of piperazine rings is 1. The van der Waals surface area contributed by atoms with Gasteiger partial charge >= 0.3 is 0 Å². The Labute approximate surface area is 126 Å². The van der Waals surface area contributed by atoms with Gasteiger partial charge in [-0.3, -0.25) is 4.90 Å². The third-order valence-electron chi connectivity index (χ3n) is 3.27. The zero-order valence-corrected chi connectivity index (χ0v) is 13.8. The summed E-state index contributed by atoms with van der Waals surface area (Å²) in [5.74, 6) is 0. The first-order chi connectivity index (χ1) is 8.65. The molecule has 18 heavy (non-hydrogen) atoms. The molecule has 1 aliphatic heterocycles. The Morgan fingerprint density at radius 3 is 2.56 bits per heavy atom. The average Bonchev–Trinajstić information content (AvgIpc) is 2.34. The summed E-state index contributed by atoms with van der Waals surface area (Å²) in [5.41, 5.74) is 1.16. The van der Waals surface area contributed by atoms with E-state index in [2.05, 4.69) is 72.2 Å². The van der Waals surface area contributed by atoms with Gasteiger partial charge in [0.25, 0.3) is 0 Å². The Hall–Kier alpha value is -0.100. The molecule has 5 heteroatoms. The van der Waals surface area contributed by atoms with E-state index in [1.54, 1.807) is 0 Å². The molecule has 0 amide bonds. The maximum absolute atomic E-state index is 3.57. The van der Waals surface area contributed by atoms with E-state index in [1.165, 1.54) is 26.2 Å². The van der Waals surface area contributed by atoms with E-state index < -0.39 is 0 Å². The third kappa shape index (κ3) is 4.23. The highest BCUT2D eigenvalue weighted by Crippen LogP contribution is 2.25. The molecular formula is C13H19Br2N3. The number of nitrogens with one attached hydrogen (secondary N) is 1. The molecule has 1 aliphatic rings. The van der Waals surface area contributed by atoms with Crippen LogP contribution in [0.25, 0.3) is 0 Å². The minimum atomic E-state index is 0.990. The van der Waals surface area contributed by atoms with Crippen molar-refractivity contribution in [2.24, 2.45) is 0 Å². The quantitative estimate of drug-likeness (QED) is 0.871. The average molecular weight is 377 g/mol. The van der Waals surface area contributed by atoms with Crippen molar-refractivity contribution in [1.82, 2.24) is 9.80 Å². The van der Waals surface area contributed by atoms with Crippen molar-refractivity contribution in [3.63, 3.8) is 0 Å². The fourth-order valence-electron chi connectivity index (χ4n) is 2.05. The first kappa shape index (κ1) is 14.3. The van der Waals surface area contributed by atoms with E-state index in [0.717, 1.165) is 27.7 Å². The van der Waals surface area contributed by atoms with Crippen LogP contribution < -0.4 is 5.32 Å². The largest absolute Gasteiger partial charge is 0.383 e. The van der Waals surface area contributed by atoms with Gasteiger partial charge in [-0.15, -0.1) is 0 Å². The molecule has 1 aromatic carbocycles. The lowest BCUT2D eigenvalue weighted by molar-refractivity contribution is 0.158. The van der Waals surface area contributed by atoms with Gasteiger partial charge in [-0.1, -0.05) is 15.9 Å². The van der Waals surface area contributed by atoms with Crippen LogP contribution in [0.5, 0.6) is 0 Å². The van der Waals surface area contributed by atoms with Crippen LogP contribution in [0.2, 0.25) is 0 Å². The molecule has 3 nitrogen and oxygen atoms in total. The molecule has 0 aromatic heterocycles. The van der Waals surface area contributed by atoms with Crippen LogP contribution in [0.15, 0.2) is 27.1 Å². The van der Waals surface area contributed by atoms with Crippen LogP contribution >= 0.6 is 31.9 Å². The first-order valence-electron chi connectivity index (χ1n) is 6.25. The predicted octanol–water partition coefficient (Wildman–Crippen LogP) is 2.87. The summed E-state index contributed by atoms with van der Waals surface area (Å²) in [6, 6.07) is 6.22. The zero-order chi connectivity index (χ0) is 13.0. The van der Waals surface area contributed by atoms with Crippen LogP contribution in [0.1, 0.15) is 0 Å². The third-order valence-corrected chi connectivity index (χ3v) is 4.42. The highest BCUT2D eigenvalue weighted by Gasteiger charge is 2.12. The molecule has 0 radical (unpaired) electrons. The Morgan fingerprint density at radius 2 is 1.89 bits per heavy atom. The second kappa shape index (κ2) is 6.89. The van der Waals surface area contributed by atoms with Crippen molar-refractivity contribution in [2.75, 3.05) is 51.6 Å². The number of anilines is 1. The van der Waals surface area contributed by atoms with Gasteiger partial charge < -0.3 is 10.2 Å². The molecule has 0 atom stereocenters. The Kier molecular flexibility index (Phi) is 5.48. The summed E-state index contributed by atoms with van der Waals surface area (Å²) in [7, 11) is 2.19. The monoisotopic (exact) mass is 375 g/mol. The normalized spacial score (nSPS) is 17.9. The van der Waals surface area contributed by atoms with Gasteiger partial charge in [-0.2, -0.15) is 0 Å². The number of hydrogen-bond donors (Lipinski definition) is 1. The summed E-state index contributed by atoms with van der Waals surface area (Å²) in [6.45, 7) is 6.82. The van der Waals surface area contributed by atoms with Crippen molar-refractivity contribution < 1.29 is 0 Å². The van der Waals surface area contributed by atoms with Gasteiger partial charge in [-0.25, -0.2) is 0 Å². The van der Waals surface area contributed by atoms with E-state index in [-0.39, 0.29) is 0 Å². The zero-order valence-electron chi connectivity index (χ0n) is 10.6. The Bertz CT molecular complexity index is 390. The maximum atomic E-state index is 3.57. The van der Waals surface area contributed by atoms with E-state index in [0.29, 0.717) is 0 Å².